The van der Waals surface area contributed by atoms with E-state index in [1.54, 1.807) is 0 Å². The molecule has 1 aliphatic heterocycles. The summed E-state index contributed by atoms with van der Waals surface area (Å²) in [6.45, 7) is 0.810. The van der Waals surface area contributed by atoms with Crippen molar-refractivity contribution < 1.29 is 4.65 Å². The van der Waals surface area contributed by atoms with Gasteiger partial charge in [-0.15, -0.1) is 0 Å². The fraction of sp³-hybridized carbons (Fsp3) is 0.529. The summed E-state index contributed by atoms with van der Waals surface area (Å²) in [7, 11) is 1.85. The van der Waals surface area contributed by atoms with Crippen molar-refractivity contribution in [1.82, 2.24) is 0 Å². The predicted molar refractivity (Wildman–Crippen MR) is 81.4 cm³/mol. The molecule has 1 saturated heterocycles. The Balaban J connectivity index is 1.70. The Bertz CT molecular complexity index is 397. The Morgan fingerprint density at radius 1 is 1.26 bits per heavy atom. The SMILES string of the molecule is C[N+]1([O-])CCCCC1CCCC=Cc1ccccc1. The Morgan fingerprint density at radius 3 is 2.79 bits per heavy atom. The van der Waals surface area contributed by atoms with Gasteiger partial charge in [0.25, 0.3) is 0 Å². The molecule has 1 aliphatic rings. The summed E-state index contributed by atoms with van der Waals surface area (Å²) in [4.78, 5) is 0. The number of hydrogen-bond donors (Lipinski definition) is 0. The Morgan fingerprint density at radius 2 is 2.05 bits per heavy atom. The molecule has 0 N–H and O–H groups in total. The highest BCUT2D eigenvalue weighted by Gasteiger charge is 2.27. The highest BCUT2D eigenvalue weighted by atomic mass is 16.5. The van der Waals surface area contributed by atoms with Crippen LogP contribution < -0.4 is 0 Å². The summed E-state index contributed by atoms with van der Waals surface area (Å²) in [5, 5.41) is 12.3. The van der Waals surface area contributed by atoms with Gasteiger partial charge in [0.2, 0.25) is 0 Å². The fourth-order valence-corrected chi connectivity index (χ4v) is 2.93. The van der Waals surface area contributed by atoms with Crippen LogP contribution in [-0.2, 0) is 0 Å². The van der Waals surface area contributed by atoms with E-state index in [1.807, 2.05) is 13.1 Å². The molecule has 2 atom stereocenters. The summed E-state index contributed by atoms with van der Waals surface area (Å²) in [5.74, 6) is 0. The van der Waals surface area contributed by atoms with Crippen molar-refractivity contribution in [2.75, 3.05) is 13.6 Å². The minimum absolute atomic E-state index is 0.0115. The highest BCUT2D eigenvalue weighted by Crippen LogP contribution is 2.26. The highest BCUT2D eigenvalue weighted by molar-refractivity contribution is 5.48. The lowest BCUT2D eigenvalue weighted by Crippen LogP contribution is -2.50. The van der Waals surface area contributed by atoms with E-state index in [9.17, 15) is 5.21 Å². The van der Waals surface area contributed by atoms with Crippen LogP contribution in [0.3, 0.4) is 0 Å². The number of nitrogens with zero attached hydrogens (tertiary/aromatic N) is 1. The van der Waals surface area contributed by atoms with Crippen molar-refractivity contribution in [2.45, 2.75) is 44.6 Å². The average Bonchev–Trinajstić information content (AvgIpc) is 2.41. The van der Waals surface area contributed by atoms with Gasteiger partial charge in [-0.25, -0.2) is 0 Å². The molecule has 0 aromatic heterocycles. The van der Waals surface area contributed by atoms with Crippen LogP contribution in [0.25, 0.3) is 6.08 Å². The van der Waals surface area contributed by atoms with E-state index in [0.717, 1.165) is 38.6 Å². The van der Waals surface area contributed by atoms with Crippen molar-refractivity contribution in [1.29, 1.82) is 0 Å². The number of likely N-dealkylation sites (tertiary alicyclic amines) is 1. The molecule has 0 spiro atoms. The number of unbranched alkanes of at least 4 members (excludes halogenated alkanes) is 1. The van der Waals surface area contributed by atoms with E-state index >= 15 is 0 Å². The minimum Gasteiger partial charge on any atom is -0.633 e. The largest absolute Gasteiger partial charge is 0.633 e. The predicted octanol–water partition coefficient (Wildman–Crippen LogP) is 4.37. The van der Waals surface area contributed by atoms with Crippen LogP contribution in [0.2, 0.25) is 0 Å². The second kappa shape index (κ2) is 6.88. The maximum atomic E-state index is 12.3. The maximum Gasteiger partial charge on any atom is 0.0885 e. The van der Waals surface area contributed by atoms with Gasteiger partial charge >= 0.3 is 0 Å². The van der Waals surface area contributed by atoms with E-state index in [4.69, 9.17) is 0 Å². The average molecular weight is 259 g/mol. The first kappa shape index (κ1) is 14.3. The van der Waals surface area contributed by atoms with E-state index < -0.39 is 0 Å². The molecular weight excluding hydrogens is 234 g/mol. The van der Waals surface area contributed by atoms with Crippen LogP contribution in [0, 0.1) is 5.21 Å². The molecule has 1 heterocycles. The van der Waals surface area contributed by atoms with Crippen LogP contribution in [-0.4, -0.2) is 24.3 Å². The van der Waals surface area contributed by atoms with Gasteiger partial charge < -0.3 is 9.85 Å². The third-order valence-corrected chi connectivity index (χ3v) is 4.18. The summed E-state index contributed by atoms with van der Waals surface area (Å²) in [6, 6.07) is 10.7. The number of quaternary nitrogens is 1. The lowest BCUT2D eigenvalue weighted by atomic mass is 9.97. The molecule has 2 unspecified atom stereocenters. The third kappa shape index (κ3) is 4.48. The van der Waals surface area contributed by atoms with E-state index in [0.29, 0.717) is 6.04 Å². The Hall–Kier alpha value is -1.12. The van der Waals surface area contributed by atoms with Crippen molar-refractivity contribution in [3.05, 3.63) is 47.2 Å². The number of benzene rings is 1. The molecule has 1 aromatic carbocycles. The van der Waals surface area contributed by atoms with Crippen molar-refractivity contribution in [3.63, 3.8) is 0 Å². The molecule has 2 rings (SSSR count). The van der Waals surface area contributed by atoms with Gasteiger partial charge in [0, 0.05) is 0 Å². The van der Waals surface area contributed by atoms with Gasteiger partial charge in [-0.05, 0) is 44.1 Å². The van der Waals surface area contributed by atoms with Crippen molar-refractivity contribution in [3.8, 4) is 0 Å². The van der Waals surface area contributed by atoms with Gasteiger partial charge in [-0.1, -0.05) is 42.5 Å². The van der Waals surface area contributed by atoms with Gasteiger partial charge in [-0.2, -0.15) is 0 Å². The summed E-state index contributed by atoms with van der Waals surface area (Å²) in [6.07, 6.45) is 11.1. The fourth-order valence-electron chi connectivity index (χ4n) is 2.93. The van der Waals surface area contributed by atoms with Crippen LogP contribution in [0.1, 0.15) is 44.1 Å². The Labute approximate surface area is 116 Å². The second-order valence-corrected chi connectivity index (χ2v) is 5.79. The molecule has 0 aliphatic carbocycles. The summed E-state index contributed by atoms with van der Waals surface area (Å²) >= 11 is 0. The molecule has 1 aromatic rings. The normalized spacial score (nSPS) is 27.8. The van der Waals surface area contributed by atoms with Gasteiger partial charge in [0.05, 0.1) is 19.6 Å². The topological polar surface area (TPSA) is 23.1 Å². The van der Waals surface area contributed by atoms with Crippen molar-refractivity contribution >= 4 is 6.08 Å². The second-order valence-electron chi connectivity index (χ2n) is 5.79. The first-order valence-corrected chi connectivity index (χ1v) is 7.46. The number of allylic oxidation sites excluding steroid dienone is 1. The molecule has 1 fully saturated rings. The number of hydroxylamine groups is 3. The number of rotatable bonds is 5. The molecule has 2 nitrogen and oxygen atoms in total. The zero-order valence-electron chi connectivity index (χ0n) is 11.9. The summed E-state index contributed by atoms with van der Waals surface area (Å²) in [5.41, 5.74) is 1.25. The quantitative estimate of drug-likeness (QED) is 0.437. The zero-order valence-corrected chi connectivity index (χ0v) is 11.9. The monoisotopic (exact) mass is 259 g/mol. The first-order valence-electron chi connectivity index (χ1n) is 7.46. The van der Waals surface area contributed by atoms with Gasteiger partial charge in [0.1, 0.15) is 0 Å². The lowest BCUT2D eigenvalue weighted by Gasteiger charge is -2.48. The molecule has 2 heteroatoms. The smallest absolute Gasteiger partial charge is 0.0885 e. The first-order chi connectivity index (χ1) is 9.18. The van der Waals surface area contributed by atoms with Crippen LogP contribution >= 0.6 is 0 Å². The molecule has 19 heavy (non-hydrogen) atoms. The van der Waals surface area contributed by atoms with E-state index in [-0.39, 0.29) is 4.65 Å². The lowest BCUT2D eigenvalue weighted by molar-refractivity contribution is -0.892. The molecule has 0 saturated carbocycles. The van der Waals surface area contributed by atoms with E-state index in [2.05, 4.69) is 36.4 Å². The Kier molecular flexibility index (Phi) is 5.17. The van der Waals surface area contributed by atoms with Crippen LogP contribution in [0.4, 0.5) is 0 Å². The van der Waals surface area contributed by atoms with Crippen LogP contribution in [0.5, 0.6) is 0 Å². The molecule has 0 amide bonds. The minimum atomic E-state index is -0.0115. The third-order valence-electron chi connectivity index (χ3n) is 4.18. The zero-order chi connectivity index (χ0) is 13.6. The van der Waals surface area contributed by atoms with Gasteiger partial charge in [-0.3, -0.25) is 0 Å². The summed E-state index contributed by atoms with van der Waals surface area (Å²) < 4.78 is -0.0115. The van der Waals surface area contributed by atoms with E-state index in [1.165, 1.54) is 12.0 Å². The molecular formula is C17H25NO. The maximum absolute atomic E-state index is 12.3. The molecule has 104 valence electrons. The number of piperidine rings is 1. The van der Waals surface area contributed by atoms with Crippen molar-refractivity contribution in [2.24, 2.45) is 0 Å². The molecule has 0 bridgehead atoms. The van der Waals surface area contributed by atoms with Crippen LogP contribution in [0.15, 0.2) is 36.4 Å². The number of hydrogen-bond acceptors (Lipinski definition) is 1. The standard InChI is InChI=1S/C17H25NO/c1-18(19)15-9-8-14-17(18)13-7-3-6-12-16-10-4-2-5-11-16/h2,4-6,10-12,17H,3,7-9,13-15H2,1H3. The molecule has 0 radical (unpaired) electrons. The van der Waals surface area contributed by atoms with Gasteiger partial charge in [0.15, 0.2) is 0 Å².